The van der Waals surface area contributed by atoms with Gasteiger partial charge in [0.05, 0.1) is 12.6 Å². The summed E-state index contributed by atoms with van der Waals surface area (Å²) < 4.78 is 11.2. The Morgan fingerprint density at radius 1 is 1.28 bits per heavy atom. The third-order valence-corrected chi connectivity index (χ3v) is 4.33. The van der Waals surface area contributed by atoms with Crippen LogP contribution in [0.15, 0.2) is 0 Å². The molecule has 0 spiro atoms. The molecular formula is C12H22N2O3S. The highest BCUT2D eigenvalue weighted by Crippen LogP contribution is 2.04. The fourth-order valence-corrected chi connectivity index (χ4v) is 3.12. The number of nitrogens with zero attached hydrogens (tertiary/aromatic N) is 1. The summed E-state index contributed by atoms with van der Waals surface area (Å²) in [7, 11) is -0.729. The average Bonchev–Trinajstić information content (AvgIpc) is 2.28. The number of amides is 1. The van der Waals surface area contributed by atoms with E-state index in [9.17, 15) is 13.8 Å². The van der Waals surface area contributed by atoms with Gasteiger partial charge in [0, 0.05) is 35.4 Å². The molecule has 1 saturated heterocycles. The van der Waals surface area contributed by atoms with E-state index < -0.39 is 16.8 Å². The quantitative estimate of drug-likeness (QED) is 0.753. The maximum atomic E-state index is 11.8. The second-order valence-corrected chi connectivity index (χ2v) is 6.72. The first-order valence-electron chi connectivity index (χ1n) is 6.27. The first-order valence-corrected chi connectivity index (χ1v) is 7.76. The first-order chi connectivity index (χ1) is 8.40. The molecule has 104 valence electrons. The molecule has 1 rings (SSSR count). The maximum Gasteiger partial charge on any atom is 0.234 e. The van der Waals surface area contributed by atoms with E-state index in [0.717, 1.165) is 0 Å². The monoisotopic (exact) mass is 274 g/mol. The number of rotatable bonds is 5. The summed E-state index contributed by atoms with van der Waals surface area (Å²) in [5.74, 6) is 1.22. The zero-order valence-electron chi connectivity index (χ0n) is 11.3. The molecule has 1 aliphatic heterocycles. The zero-order valence-corrected chi connectivity index (χ0v) is 12.1. The van der Waals surface area contributed by atoms with Crippen molar-refractivity contribution < 1.29 is 13.8 Å². The van der Waals surface area contributed by atoms with Crippen molar-refractivity contribution in [1.29, 1.82) is 0 Å². The molecule has 0 aromatic rings. The fourth-order valence-electron chi connectivity index (χ4n) is 1.99. The highest BCUT2D eigenvalue weighted by atomic mass is 32.2. The summed E-state index contributed by atoms with van der Waals surface area (Å²) in [4.78, 5) is 25.2. The van der Waals surface area contributed by atoms with Crippen molar-refractivity contribution in [2.24, 2.45) is 5.92 Å². The van der Waals surface area contributed by atoms with Gasteiger partial charge in [-0.15, -0.1) is 0 Å². The Bertz CT molecular complexity index is 334. The van der Waals surface area contributed by atoms with Gasteiger partial charge in [0.1, 0.15) is 0 Å². The summed E-state index contributed by atoms with van der Waals surface area (Å²) in [5, 5.41) is 2.77. The standard InChI is InChI=1S/C12H22N2O3S/c1-9(2)12(10(3)15)13-11(16)8-14-4-6-18(17)7-5-14/h9,12H,4-8H2,1-3H3,(H,13,16). The predicted octanol–water partition coefficient (Wildman–Crippen LogP) is -0.219. The molecule has 1 fully saturated rings. The van der Waals surface area contributed by atoms with E-state index in [1.165, 1.54) is 6.92 Å². The van der Waals surface area contributed by atoms with Crippen LogP contribution in [0.1, 0.15) is 20.8 Å². The number of ketones is 1. The van der Waals surface area contributed by atoms with Crippen molar-refractivity contribution in [2.75, 3.05) is 31.1 Å². The molecule has 1 atom stereocenters. The Morgan fingerprint density at radius 3 is 2.28 bits per heavy atom. The molecule has 1 amide bonds. The molecule has 6 heteroatoms. The van der Waals surface area contributed by atoms with Crippen LogP contribution in [0.2, 0.25) is 0 Å². The fraction of sp³-hybridized carbons (Fsp3) is 0.833. The van der Waals surface area contributed by atoms with Crippen molar-refractivity contribution in [1.82, 2.24) is 10.2 Å². The predicted molar refractivity (Wildman–Crippen MR) is 71.8 cm³/mol. The van der Waals surface area contributed by atoms with Gasteiger partial charge in [0.15, 0.2) is 5.78 Å². The lowest BCUT2D eigenvalue weighted by atomic mass is 10.0. The third-order valence-electron chi connectivity index (χ3n) is 3.06. The van der Waals surface area contributed by atoms with Crippen LogP contribution in [-0.4, -0.2) is 58.0 Å². The van der Waals surface area contributed by atoms with Crippen molar-refractivity contribution in [3.63, 3.8) is 0 Å². The number of hydrogen-bond donors (Lipinski definition) is 1. The Labute approximate surface area is 111 Å². The lowest BCUT2D eigenvalue weighted by Gasteiger charge is -2.27. The third kappa shape index (κ3) is 4.86. The van der Waals surface area contributed by atoms with E-state index in [4.69, 9.17) is 0 Å². The number of Topliss-reactive ketones (excluding diaryl/α,β-unsaturated/α-hetero) is 1. The van der Waals surface area contributed by atoms with Gasteiger partial charge < -0.3 is 5.32 Å². The van der Waals surface area contributed by atoms with E-state index >= 15 is 0 Å². The van der Waals surface area contributed by atoms with Gasteiger partial charge in [-0.05, 0) is 12.8 Å². The summed E-state index contributed by atoms with van der Waals surface area (Å²) in [6, 6.07) is -0.406. The smallest absolute Gasteiger partial charge is 0.234 e. The van der Waals surface area contributed by atoms with Gasteiger partial charge in [-0.1, -0.05) is 13.8 Å². The summed E-state index contributed by atoms with van der Waals surface area (Å²) in [6.07, 6.45) is 0. The van der Waals surface area contributed by atoms with Crippen LogP contribution < -0.4 is 5.32 Å². The second kappa shape index (κ2) is 6.99. The zero-order chi connectivity index (χ0) is 13.7. The van der Waals surface area contributed by atoms with Gasteiger partial charge in [0.2, 0.25) is 5.91 Å². The Hall–Kier alpha value is -0.750. The van der Waals surface area contributed by atoms with Gasteiger partial charge in [-0.3, -0.25) is 18.7 Å². The molecule has 5 nitrogen and oxygen atoms in total. The Kier molecular flexibility index (Phi) is 5.95. The van der Waals surface area contributed by atoms with E-state index in [1.54, 1.807) is 0 Å². The summed E-state index contributed by atoms with van der Waals surface area (Å²) in [5.41, 5.74) is 0. The van der Waals surface area contributed by atoms with Crippen LogP contribution in [0.4, 0.5) is 0 Å². The molecular weight excluding hydrogens is 252 g/mol. The maximum absolute atomic E-state index is 11.8. The minimum atomic E-state index is -0.729. The molecule has 0 bridgehead atoms. The van der Waals surface area contributed by atoms with E-state index in [2.05, 4.69) is 5.32 Å². The number of carbonyl (C=O) groups is 2. The van der Waals surface area contributed by atoms with Gasteiger partial charge in [0.25, 0.3) is 0 Å². The van der Waals surface area contributed by atoms with Crippen molar-refractivity contribution in [3.05, 3.63) is 0 Å². The number of hydrogen-bond acceptors (Lipinski definition) is 4. The van der Waals surface area contributed by atoms with E-state index in [-0.39, 0.29) is 24.2 Å². The van der Waals surface area contributed by atoms with Crippen LogP contribution >= 0.6 is 0 Å². The molecule has 18 heavy (non-hydrogen) atoms. The SMILES string of the molecule is CC(=O)C(NC(=O)CN1CCS(=O)CC1)C(C)C. The molecule has 0 radical (unpaired) electrons. The lowest BCUT2D eigenvalue weighted by Crippen LogP contribution is -2.49. The molecule has 1 heterocycles. The van der Waals surface area contributed by atoms with E-state index in [1.807, 2.05) is 18.7 Å². The van der Waals surface area contributed by atoms with Crippen LogP contribution in [0.25, 0.3) is 0 Å². The van der Waals surface area contributed by atoms with Gasteiger partial charge >= 0.3 is 0 Å². The first kappa shape index (κ1) is 15.3. The van der Waals surface area contributed by atoms with Gasteiger partial charge in [-0.2, -0.15) is 0 Å². The summed E-state index contributed by atoms with van der Waals surface area (Å²) in [6.45, 7) is 6.98. The van der Waals surface area contributed by atoms with Crippen molar-refractivity contribution in [2.45, 2.75) is 26.8 Å². The second-order valence-electron chi connectivity index (χ2n) is 5.02. The minimum absolute atomic E-state index is 0.0157. The Morgan fingerprint density at radius 2 is 1.83 bits per heavy atom. The van der Waals surface area contributed by atoms with Crippen LogP contribution in [0.5, 0.6) is 0 Å². The molecule has 1 aliphatic rings. The average molecular weight is 274 g/mol. The highest BCUT2D eigenvalue weighted by molar-refractivity contribution is 7.85. The molecule has 0 saturated carbocycles. The molecule has 0 aromatic heterocycles. The van der Waals surface area contributed by atoms with Crippen LogP contribution in [-0.2, 0) is 20.4 Å². The minimum Gasteiger partial charge on any atom is -0.345 e. The molecule has 0 aromatic carbocycles. The normalized spacial score (nSPS) is 19.8. The Balaban J connectivity index is 2.41. The van der Waals surface area contributed by atoms with Crippen LogP contribution in [0.3, 0.4) is 0 Å². The summed E-state index contributed by atoms with van der Waals surface area (Å²) >= 11 is 0. The number of nitrogens with one attached hydrogen (secondary N) is 1. The highest BCUT2D eigenvalue weighted by Gasteiger charge is 2.23. The topological polar surface area (TPSA) is 66.5 Å². The van der Waals surface area contributed by atoms with Gasteiger partial charge in [-0.25, -0.2) is 0 Å². The molecule has 1 unspecified atom stereocenters. The molecule has 1 N–H and O–H groups in total. The largest absolute Gasteiger partial charge is 0.345 e. The van der Waals surface area contributed by atoms with Crippen LogP contribution in [0, 0.1) is 5.92 Å². The van der Waals surface area contributed by atoms with Crippen molar-refractivity contribution >= 4 is 22.5 Å². The van der Waals surface area contributed by atoms with E-state index in [0.29, 0.717) is 24.6 Å². The lowest BCUT2D eigenvalue weighted by molar-refractivity contribution is -0.128. The number of carbonyl (C=O) groups excluding carboxylic acids is 2. The molecule has 0 aliphatic carbocycles. The van der Waals surface area contributed by atoms with Crippen molar-refractivity contribution in [3.8, 4) is 0 Å².